The number of nitrogens with zero attached hydrogens (tertiary/aromatic N) is 3. The fourth-order valence-electron chi connectivity index (χ4n) is 3.70. The van der Waals surface area contributed by atoms with Gasteiger partial charge >= 0.3 is 5.69 Å². The monoisotopic (exact) mass is 465 g/mol. The van der Waals surface area contributed by atoms with E-state index in [0.29, 0.717) is 22.0 Å². The summed E-state index contributed by atoms with van der Waals surface area (Å²) in [7, 11) is 4.31. The first-order chi connectivity index (χ1) is 15.8. The van der Waals surface area contributed by atoms with Gasteiger partial charge in [0.2, 0.25) is 0 Å². The lowest BCUT2D eigenvalue weighted by molar-refractivity contribution is 0.102. The zero-order valence-corrected chi connectivity index (χ0v) is 18.8. The van der Waals surface area contributed by atoms with Crippen LogP contribution in [-0.4, -0.2) is 27.1 Å². The van der Waals surface area contributed by atoms with Crippen LogP contribution in [-0.2, 0) is 14.1 Å². The van der Waals surface area contributed by atoms with Crippen molar-refractivity contribution in [3.63, 3.8) is 0 Å². The minimum atomic E-state index is -0.623. The van der Waals surface area contributed by atoms with E-state index in [9.17, 15) is 14.4 Å². The molecule has 4 aromatic rings. The molecule has 0 aliphatic heterocycles. The van der Waals surface area contributed by atoms with Gasteiger partial charge in [-0.1, -0.05) is 41.9 Å². The number of methoxy groups -OCH3 is 1. The molecule has 0 radical (unpaired) electrons. The van der Waals surface area contributed by atoms with E-state index in [2.05, 4.69) is 10.3 Å². The van der Waals surface area contributed by atoms with Gasteiger partial charge in [0.15, 0.2) is 5.65 Å². The molecule has 0 aliphatic rings. The summed E-state index contributed by atoms with van der Waals surface area (Å²) in [4.78, 5) is 43.5. The molecule has 168 valence electrons. The van der Waals surface area contributed by atoms with E-state index < -0.39 is 17.2 Å². The van der Waals surface area contributed by atoms with Crippen LogP contribution in [0.25, 0.3) is 22.2 Å². The third-order valence-electron chi connectivity index (χ3n) is 5.34. The van der Waals surface area contributed by atoms with Crippen molar-refractivity contribution in [3.05, 3.63) is 80.0 Å². The standard InChI is InChI=1S/C23H20ClN5O4/c1-28-20-18(22(31)29(2)23(28)32)16(12-8-4-5-9-13(12)24)17(19(25)27-20)21(30)26-14-10-6-7-11-15(14)33-3/h4-11H,1-3H3,(H2,25,27)(H,26,30). The number of para-hydroxylation sites is 2. The van der Waals surface area contributed by atoms with Crippen molar-refractivity contribution in [2.45, 2.75) is 0 Å². The molecule has 0 spiro atoms. The summed E-state index contributed by atoms with van der Waals surface area (Å²) in [5.41, 5.74) is 6.04. The maximum Gasteiger partial charge on any atom is 0.332 e. The van der Waals surface area contributed by atoms with Gasteiger partial charge in [0.05, 0.1) is 23.7 Å². The minimum absolute atomic E-state index is 0.0442. The van der Waals surface area contributed by atoms with Crippen molar-refractivity contribution in [2.24, 2.45) is 14.1 Å². The molecule has 33 heavy (non-hydrogen) atoms. The number of anilines is 2. The number of carbonyl (C=O) groups is 1. The number of ether oxygens (including phenoxy) is 1. The lowest BCUT2D eigenvalue weighted by Gasteiger charge is -2.18. The molecule has 0 atom stereocenters. The second-order valence-corrected chi connectivity index (χ2v) is 7.69. The Balaban J connectivity index is 2.11. The molecular formula is C23H20ClN5O4. The number of nitrogen functional groups attached to an aromatic ring is 1. The highest BCUT2D eigenvalue weighted by atomic mass is 35.5. The van der Waals surface area contributed by atoms with Crippen LogP contribution >= 0.6 is 11.6 Å². The van der Waals surface area contributed by atoms with Crippen LogP contribution in [0.15, 0.2) is 58.1 Å². The number of nitrogens with two attached hydrogens (primary N) is 1. The van der Waals surface area contributed by atoms with Crippen molar-refractivity contribution in [3.8, 4) is 16.9 Å². The first-order valence-corrected chi connectivity index (χ1v) is 10.2. The molecular weight excluding hydrogens is 446 g/mol. The number of benzene rings is 2. The molecule has 10 heteroatoms. The van der Waals surface area contributed by atoms with Gasteiger partial charge in [-0.25, -0.2) is 9.78 Å². The number of aryl methyl sites for hydroxylation is 1. The normalized spacial score (nSPS) is 10.9. The summed E-state index contributed by atoms with van der Waals surface area (Å²) < 4.78 is 7.46. The lowest BCUT2D eigenvalue weighted by Crippen LogP contribution is -2.38. The number of nitrogens with one attached hydrogen (secondary N) is 1. The third-order valence-corrected chi connectivity index (χ3v) is 5.67. The average Bonchev–Trinajstić information content (AvgIpc) is 2.81. The van der Waals surface area contributed by atoms with Crippen LogP contribution < -0.4 is 27.0 Å². The minimum Gasteiger partial charge on any atom is -0.495 e. The molecule has 3 N–H and O–H groups in total. The number of pyridine rings is 1. The summed E-state index contributed by atoms with van der Waals surface area (Å²) in [6, 6.07) is 13.6. The number of fused-ring (bicyclic) bond motifs is 1. The van der Waals surface area contributed by atoms with E-state index in [4.69, 9.17) is 22.1 Å². The van der Waals surface area contributed by atoms with Crippen LogP contribution in [0.4, 0.5) is 11.5 Å². The Kier molecular flexibility index (Phi) is 5.65. The molecule has 9 nitrogen and oxygen atoms in total. The number of aromatic nitrogens is 3. The van der Waals surface area contributed by atoms with Gasteiger partial charge in [-0.3, -0.25) is 18.7 Å². The van der Waals surface area contributed by atoms with Crippen LogP contribution in [0.3, 0.4) is 0 Å². The molecule has 4 rings (SSSR count). The zero-order chi connectivity index (χ0) is 23.9. The van der Waals surface area contributed by atoms with Crippen LogP contribution in [0, 0.1) is 0 Å². The van der Waals surface area contributed by atoms with Gasteiger partial charge in [-0.15, -0.1) is 0 Å². The average molecular weight is 466 g/mol. The number of carbonyl (C=O) groups excluding carboxylic acids is 1. The van der Waals surface area contributed by atoms with Gasteiger partial charge in [0.1, 0.15) is 11.6 Å². The van der Waals surface area contributed by atoms with Crippen molar-refractivity contribution in [1.29, 1.82) is 0 Å². The topological polar surface area (TPSA) is 121 Å². The maximum absolute atomic E-state index is 13.5. The van der Waals surface area contributed by atoms with Gasteiger partial charge in [-0.2, -0.15) is 0 Å². The predicted molar refractivity (Wildman–Crippen MR) is 128 cm³/mol. The number of halogens is 1. The van der Waals surface area contributed by atoms with E-state index in [0.717, 1.165) is 4.57 Å². The fourth-order valence-corrected chi connectivity index (χ4v) is 3.93. The SMILES string of the molecule is COc1ccccc1NC(=O)c1c(N)nc2c(c1-c1ccccc1Cl)c(=O)n(C)c(=O)n2C. The first kappa shape index (κ1) is 22.1. The summed E-state index contributed by atoms with van der Waals surface area (Å²) in [6.45, 7) is 0. The quantitative estimate of drug-likeness (QED) is 0.478. The Hall–Kier alpha value is -4.11. The lowest BCUT2D eigenvalue weighted by atomic mass is 9.96. The fraction of sp³-hybridized carbons (Fsp3) is 0.130. The second kappa shape index (κ2) is 8.44. The molecule has 1 amide bonds. The maximum atomic E-state index is 13.5. The van der Waals surface area contributed by atoms with Gasteiger partial charge in [0.25, 0.3) is 11.5 Å². The summed E-state index contributed by atoms with van der Waals surface area (Å²) in [6.07, 6.45) is 0. The van der Waals surface area contributed by atoms with E-state index in [1.807, 2.05) is 0 Å². The molecule has 2 aromatic carbocycles. The molecule has 0 bridgehead atoms. The Morgan fingerprint density at radius 3 is 2.42 bits per heavy atom. The van der Waals surface area contributed by atoms with Crippen molar-refractivity contribution in [2.75, 3.05) is 18.2 Å². The van der Waals surface area contributed by atoms with Crippen molar-refractivity contribution >= 4 is 40.0 Å². The van der Waals surface area contributed by atoms with Crippen molar-refractivity contribution < 1.29 is 9.53 Å². The molecule has 2 aromatic heterocycles. The largest absolute Gasteiger partial charge is 0.495 e. The summed E-state index contributed by atoms with van der Waals surface area (Å²) >= 11 is 6.47. The first-order valence-electron chi connectivity index (χ1n) is 9.84. The smallest absolute Gasteiger partial charge is 0.332 e. The number of amides is 1. The molecule has 0 fully saturated rings. The molecule has 0 saturated carbocycles. The van der Waals surface area contributed by atoms with Gasteiger partial charge in [0, 0.05) is 30.2 Å². The highest BCUT2D eigenvalue weighted by Crippen LogP contribution is 2.37. The zero-order valence-electron chi connectivity index (χ0n) is 18.0. The Labute approximate surface area is 193 Å². The van der Waals surface area contributed by atoms with E-state index >= 15 is 0 Å². The van der Waals surface area contributed by atoms with Crippen LogP contribution in [0.1, 0.15) is 10.4 Å². The number of hydrogen-bond acceptors (Lipinski definition) is 6. The molecule has 0 saturated heterocycles. The Bertz CT molecular complexity index is 1540. The number of hydrogen-bond donors (Lipinski definition) is 2. The van der Waals surface area contributed by atoms with Crippen LogP contribution in [0.2, 0.25) is 5.02 Å². The second-order valence-electron chi connectivity index (χ2n) is 7.29. The van der Waals surface area contributed by atoms with Gasteiger partial charge < -0.3 is 15.8 Å². The van der Waals surface area contributed by atoms with E-state index in [1.165, 1.54) is 25.8 Å². The van der Waals surface area contributed by atoms with Crippen molar-refractivity contribution in [1.82, 2.24) is 14.1 Å². The predicted octanol–water partition coefficient (Wildman–Crippen LogP) is 2.80. The highest BCUT2D eigenvalue weighted by Gasteiger charge is 2.27. The van der Waals surface area contributed by atoms with Crippen LogP contribution in [0.5, 0.6) is 5.75 Å². The Morgan fingerprint density at radius 1 is 1.06 bits per heavy atom. The third kappa shape index (κ3) is 3.62. The van der Waals surface area contributed by atoms with E-state index in [1.54, 1.807) is 48.5 Å². The molecule has 0 unspecified atom stereocenters. The molecule has 0 aliphatic carbocycles. The number of rotatable bonds is 4. The van der Waals surface area contributed by atoms with E-state index in [-0.39, 0.29) is 28.0 Å². The summed E-state index contributed by atoms with van der Waals surface area (Å²) in [5.74, 6) is -0.332. The molecule has 2 heterocycles. The highest BCUT2D eigenvalue weighted by molar-refractivity contribution is 6.34. The summed E-state index contributed by atoms with van der Waals surface area (Å²) in [5, 5.41) is 3.11. The van der Waals surface area contributed by atoms with Gasteiger partial charge in [-0.05, 0) is 18.2 Å². The Morgan fingerprint density at radius 2 is 1.73 bits per heavy atom.